The summed E-state index contributed by atoms with van der Waals surface area (Å²) < 4.78 is 0. The number of carbonyl (C=O) groups is 2. The summed E-state index contributed by atoms with van der Waals surface area (Å²) in [7, 11) is 0. The summed E-state index contributed by atoms with van der Waals surface area (Å²) in [4.78, 5) is 36.4. The highest BCUT2D eigenvalue weighted by Gasteiger charge is 2.30. The van der Waals surface area contributed by atoms with E-state index in [9.17, 15) is 9.59 Å². The maximum absolute atomic E-state index is 13.4. The molecule has 2 heterocycles. The monoisotopic (exact) mass is 399 g/mol. The van der Waals surface area contributed by atoms with Crippen LogP contribution < -0.4 is 0 Å². The Morgan fingerprint density at radius 3 is 2.77 bits per heavy atom. The second kappa shape index (κ2) is 7.98. The fourth-order valence-corrected chi connectivity index (χ4v) is 4.95. The van der Waals surface area contributed by atoms with E-state index in [2.05, 4.69) is 34.2 Å². The van der Waals surface area contributed by atoms with E-state index in [0.29, 0.717) is 19.4 Å². The molecule has 1 atom stereocenters. The number of hydrogen-bond acceptors (Lipinski definition) is 4. The lowest BCUT2D eigenvalue weighted by Gasteiger charge is -2.32. The van der Waals surface area contributed by atoms with Crippen LogP contribution >= 0.6 is 0 Å². The third kappa shape index (κ3) is 3.49. The number of aromatic nitrogens is 2. The average Bonchev–Trinajstić information content (AvgIpc) is 3.23. The first-order valence-electron chi connectivity index (χ1n) is 10.8. The van der Waals surface area contributed by atoms with Gasteiger partial charge < -0.3 is 4.90 Å². The predicted octanol–water partition coefficient (Wildman–Crippen LogP) is 3.78. The van der Waals surface area contributed by atoms with Crippen LogP contribution in [-0.2, 0) is 24.1 Å². The van der Waals surface area contributed by atoms with Gasteiger partial charge in [0.1, 0.15) is 0 Å². The van der Waals surface area contributed by atoms with Gasteiger partial charge in [0.15, 0.2) is 5.78 Å². The summed E-state index contributed by atoms with van der Waals surface area (Å²) in [6, 6.07) is 10.4. The first kappa shape index (κ1) is 18.9. The highest BCUT2D eigenvalue weighted by Crippen LogP contribution is 2.34. The number of rotatable bonds is 5. The van der Waals surface area contributed by atoms with E-state index in [4.69, 9.17) is 0 Å². The number of likely N-dealkylation sites (tertiary alicyclic amines) is 1. The van der Waals surface area contributed by atoms with Crippen LogP contribution in [-0.4, -0.2) is 39.6 Å². The smallest absolute Gasteiger partial charge is 0.222 e. The molecule has 1 fully saturated rings. The second-order valence-corrected chi connectivity index (χ2v) is 8.35. The maximum atomic E-state index is 13.4. The number of aryl methyl sites for hydroxylation is 3. The molecular formula is C25H25N3O2. The van der Waals surface area contributed by atoms with Crippen LogP contribution in [0.3, 0.4) is 0 Å². The third-order valence-corrected chi connectivity index (χ3v) is 6.50. The van der Waals surface area contributed by atoms with Gasteiger partial charge in [0.25, 0.3) is 0 Å². The van der Waals surface area contributed by atoms with E-state index in [1.54, 1.807) is 18.6 Å². The van der Waals surface area contributed by atoms with Crippen molar-refractivity contribution in [3.63, 3.8) is 0 Å². The lowest BCUT2D eigenvalue weighted by molar-refractivity contribution is -0.132. The Kier molecular flexibility index (Phi) is 5.03. The zero-order valence-corrected chi connectivity index (χ0v) is 17.0. The van der Waals surface area contributed by atoms with E-state index in [1.165, 1.54) is 16.5 Å². The summed E-state index contributed by atoms with van der Waals surface area (Å²) in [6.45, 7) is 1.24. The zero-order chi connectivity index (χ0) is 20.5. The number of piperidine rings is 1. The second-order valence-electron chi connectivity index (χ2n) is 8.35. The molecule has 0 saturated carbocycles. The molecule has 1 amide bonds. The topological polar surface area (TPSA) is 63.2 Å². The Bertz CT molecular complexity index is 1100. The minimum absolute atomic E-state index is 0.0959. The van der Waals surface area contributed by atoms with E-state index >= 15 is 0 Å². The molecule has 3 aromatic rings. The van der Waals surface area contributed by atoms with Gasteiger partial charge in [-0.15, -0.1) is 0 Å². The van der Waals surface area contributed by atoms with E-state index < -0.39 is 0 Å². The molecule has 1 aliphatic heterocycles. The number of hydrogen-bond donors (Lipinski definition) is 0. The molecule has 1 aliphatic carbocycles. The van der Waals surface area contributed by atoms with Crippen molar-refractivity contribution in [1.82, 2.24) is 14.9 Å². The number of amides is 1. The molecule has 5 nitrogen and oxygen atoms in total. The van der Waals surface area contributed by atoms with Gasteiger partial charge in [-0.1, -0.05) is 30.3 Å². The molecule has 0 N–H and O–H groups in total. The summed E-state index contributed by atoms with van der Waals surface area (Å²) in [6.07, 6.45) is 9.79. The minimum atomic E-state index is -0.127. The Morgan fingerprint density at radius 2 is 1.93 bits per heavy atom. The lowest BCUT2D eigenvalue weighted by atomic mass is 9.87. The summed E-state index contributed by atoms with van der Waals surface area (Å²) in [5, 5.41) is 2.36. The third-order valence-electron chi connectivity index (χ3n) is 6.50. The fraction of sp³-hybridized carbons (Fsp3) is 0.360. The first-order valence-corrected chi connectivity index (χ1v) is 10.8. The van der Waals surface area contributed by atoms with Crippen LogP contribution in [0.15, 0.2) is 48.9 Å². The maximum Gasteiger partial charge on any atom is 0.222 e. The van der Waals surface area contributed by atoms with E-state index in [1.807, 2.05) is 11.0 Å². The van der Waals surface area contributed by atoms with Crippen molar-refractivity contribution >= 4 is 22.5 Å². The molecule has 2 aromatic carbocycles. The summed E-state index contributed by atoms with van der Waals surface area (Å²) >= 11 is 0. The van der Waals surface area contributed by atoms with Crippen molar-refractivity contribution in [2.45, 2.75) is 38.5 Å². The summed E-state index contributed by atoms with van der Waals surface area (Å²) in [5.74, 6) is 0.147. The quantitative estimate of drug-likeness (QED) is 0.613. The number of Topliss-reactive ketones (excluding diaryl/α,β-unsaturated/α-hetero) is 1. The number of nitrogens with zero attached hydrogens (tertiary/aromatic N) is 3. The molecule has 1 saturated heterocycles. The van der Waals surface area contributed by atoms with Crippen molar-refractivity contribution in [2.75, 3.05) is 13.1 Å². The van der Waals surface area contributed by atoms with Crippen LogP contribution in [0.1, 0.15) is 46.4 Å². The van der Waals surface area contributed by atoms with Gasteiger partial charge in [0, 0.05) is 49.6 Å². The van der Waals surface area contributed by atoms with Gasteiger partial charge >= 0.3 is 0 Å². The predicted molar refractivity (Wildman–Crippen MR) is 115 cm³/mol. The minimum Gasteiger partial charge on any atom is -0.342 e. The highest BCUT2D eigenvalue weighted by molar-refractivity contribution is 6.11. The average molecular weight is 399 g/mol. The van der Waals surface area contributed by atoms with E-state index in [0.717, 1.165) is 48.9 Å². The van der Waals surface area contributed by atoms with E-state index in [-0.39, 0.29) is 17.6 Å². The van der Waals surface area contributed by atoms with Crippen LogP contribution in [0, 0.1) is 5.92 Å². The molecule has 30 heavy (non-hydrogen) atoms. The SMILES string of the molecule is O=C(c1ccc2c3c(cccc13)CC2)C1CCCN(C(=O)CCc2cnccn2)C1. The van der Waals surface area contributed by atoms with Crippen LogP contribution in [0.5, 0.6) is 0 Å². The van der Waals surface area contributed by atoms with Gasteiger partial charge in [-0.25, -0.2) is 0 Å². The Hall–Kier alpha value is -3.08. The molecule has 0 bridgehead atoms. The molecule has 1 unspecified atom stereocenters. The van der Waals surface area contributed by atoms with Crippen LogP contribution in [0.25, 0.3) is 10.8 Å². The molecular weight excluding hydrogens is 374 g/mol. The molecule has 5 heteroatoms. The molecule has 1 aromatic heterocycles. The van der Waals surface area contributed by atoms with Gasteiger partial charge in [0.2, 0.25) is 5.91 Å². The molecule has 0 radical (unpaired) electrons. The van der Waals surface area contributed by atoms with Crippen molar-refractivity contribution in [2.24, 2.45) is 5.92 Å². The standard InChI is InChI=1S/C25H25N3O2/c29-23(11-9-20-15-26-12-13-27-20)28-14-2-4-19(16-28)25(30)22-10-8-18-7-6-17-3-1-5-21(22)24(17)18/h1,3,5,8,10,12-13,15,19H,2,4,6-7,9,11,14,16H2. The van der Waals surface area contributed by atoms with Gasteiger partial charge in [-0.05, 0) is 54.0 Å². The fourth-order valence-electron chi connectivity index (χ4n) is 4.95. The molecule has 5 rings (SSSR count). The molecule has 2 aliphatic rings. The molecule has 152 valence electrons. The van der Waals surface area contributed by atoms with Crippen molar-refractivity contribution in [1.29, 1.82) is 0 Å². The van der Waals surface area contributed by atoms with Crippen molar-refractivity contribution in [3.05, 3.63) is 71.3 Å². The summed E-state index contributed by atoms with van der Waals surface area (Å²) in [5.41, 5.74) is 4.34. The van der Waals surface area contributed by atoms with Gasteiger partial charge in [-0.3, -0.25) is 19.6 Å². The normalized spacial score (nSPS) is 18.0. The number of carbonyl (C=O) groups excluding carboxylic acids is 2. The van der Waals surface area contributed by atoms with Gasteiger partial charge in [0.05, 0.1) is 5.69 Å². The van der Waals surface area contributed by atoms with Gasteiger partial charge in [-0.2, -0.15) is 0 Å². The largest absolute Gasteiger partial charge is 0.342 e. The van der Waals surface area contributed by atoms with Crippen LogP contribution in [0.4, 0.5) is 0 Å². The van der Waals surface area contributed by atoms with Crippen LogP contribution in [0.2, 0.25) is 0 Å². The van der Waals surface area contributed by atoms with Crippen molar-refractivity contribution < 1.29 is 9.59 Å². The highest BCUT2D eigenvalue weighted by atomic mass is 16.2. The first-order chi connectivity index (χ1) is 14.7. The lowest BCUT2D eigenvalue weighted by Crippen LogP contribution is -2.42. The Morgan fingerprint density at radius 1 is 1.07 bits per heavy atom. The molecule has 0 spiro atoms. The number of ketones is 1. The number of benzene rings is 2. The Balaban J connectivity index is 1.31. The zero-order valence-electron chi connectivity index (χ0n) is 17.0. The Labute approximate surface area is 176 Å². The van der Waals surface area contributed by atoms with Crippen molar-refractivity contribution in [3.8, 4) is 0 Å².